The second kappa shape index (κ2) is 8.03. The minimum atomic E-state index is 0.204. The van der Waals surface area contributed by atoms with Crippen LogP contribution in [0, 0.1) is 5.92 Å². The van der Waals surface area contributed by atoms with Gasteiger partial charge >= 0.3 is 0 Å². The van der Waals surface area contributed by atoms with Gasteiger partial charge in [0.15, 0.2) is 0 Å². The lowest BCUT2D eigenvalue weighted by Crippen LogP contribution is -2.59. The van der Waals surface area contributed by atoms with Crippen molar-refractivity contribution in [2.45, 2.75) is 45.4 Å². The van der Waals surface area contributed by atoms with Crippen molar-refractivity contribution < 1.29 is 14.2 Å². The lowest BCUT2D eigenvalue weighted by atomic mass is 9.85. The van der Waals surface area contributed by atoms with Gasteiger partial charge in [0.25, 0.3) is 0 Å². The largest absolute Gasteiger partial charge is 0.379 e. The molecule has 0 amide bonds. The van der Waals surface area contributed by atoms with Gasteiger partial charge in [0.05, 0.1) is 25.4 Å². The molecule has 0 spiro atoms. The highest BCUT2D eigenvalue weighted by Crippen LogP contribution is 2.26. The van der Waals surface area contributed by atoms with Gasteiger partial charge in [-0.25, -0.2) is 0 Å². The SMILES string of the molecule is CCOC1C(NC)CC1OCCOCC(C)C. The fourth-order valence-corrected chi connectivity index (χ4v) is 2.02. The van der Waals surface area contributed by atoms with E-state index >= 15 is 0 Å². The Hall–Kier alpha value is -0.160. The van der Waals surface area contributed by atoms with E-state index in [9.17, 15) is 0 Å². The Balaban J connectivity index is 2.07. The third-order valence-corrected chi connectivity index (χ3v) is 2.99. The van der Waals surface area contributed by atoms with Crippen LogP contribution in [0.4, 0.5) is 0 Å². The van der Waals surface area contributed by atoms with Crippen molar-refractivity contribution in [3.05, 3.63) is 0 Å². The third-order valence-electron chi connectivity index (χ3n) is 2.99. The van der Waals surface area contributed by atoms with E-state index < -0.39 is 0 Å². The molecule has 0 saturated heterocycles. The van der Waals surface area contributed by atoms with Crippen molar-refractivity contribution in [2.75, 3.05) is 33.5 Å². The molecule has 0 aliphatic heterocycles. The highest BCUT2D eigenvalue weighted by atomic mass is 16.6. The van der Waals surface area contributed by atoms with E-state index in [0.29, 0.717) is 25.2 Å². The smallest absolute Gasteiger partial charge is 0.0990 e. The summed E-state index contributed by atoms with van der Waals surface area (Å²) in [5, 5.41) is 3.25. The van der Waals surface area contributed by atoms with Crippen molar-refractivity contribution >= 4 is 0 Å². The van der Waals surface area contributed by atoms with Gasteiger partial charge in [0.1, 0.15) is 0 Å². The van der Waals surface area contributed by atoms with Gasteiger partial charge in [-0.05, 0) is 26.3 Å². The van der Waals surface area contributed by atoms with Gasteiger partial charge in [-0.1, -0.05) is 13.8 Å². The number of likely N-dealkylation sites (N-methyl/N-ethyl adjacent to an activating group) is 1. The van der Waals surface area contributed by atoms with Crippen molar-refractivity contribution in [1.29, 1.82) is 0 Å². The molecule has 1 fully saturated rings. The second-order valence-corrected chi connectivity index (χ2v) is 4.93. The summed E-state index contributed by atoms with van der Waals surface area (Å²) in [6, 6.07) is 0.441. The van der Waals surface area contributed by atoms with Gasteiger partial charge in [-0.15, -0.1) is 0 Å². The molecule has 1 N–H and O–H groups in total. The molecular formula is C13H27NO3. The summed E-state index contributed by atoms with van der Waals surface area (Å²) in [4.78, 5) is 0. The molecule has 0 aromatic rings. The second-order valence-electron chi connectivity index (χ2n) is 4.93. The first kappa shape index (κ1) is 14.9. The monoisotopic (exact) mass is 245 g/mol. The van der Waals surface area contributed by atoms with Gasteiger partial charge in [0, 0.05) is 19.3 Å². The molecule has 0 aromatic heterocycles. The predicted octanol–water partition coefficient (Wildman–Crippen LogP) is 1.44. The van der Waals surface area contributed by atoms with E-state index in [1.807, 2.05) is 14.0 Å². The Bertz CT molecular complexity index is 199. The van der Waals surface area contributed by atoms with Gasteiger partial charge in [-0.2, -0.15) is 0 Å². The molecule has 4 heteroatoms. The highest BCUT2D eigenvalue weighted by molar-refractivity contribution is 4.96. The van der Waals surface area contributed by atoms with E-state index in [1.165, 1.54) is 0 Å². The molecule has 3 unspecified atom stereocenters. The Morgan fingerprint density at radius 2 is 2.00 bits per heavy atom. The summed E-state index contributed by atoms with van der Waals surface area (Å²) in [6.45, 7) is 9.21. The van der Waals surface area contributed by atoms with E-state index in [0.717, 1.165) is 19.6 Å². The minimum absolute atomic E-state index is 0.204. The topological polar surface area (TPSA) is 39.7 Å². The quantitative estimate of drug-likeness (QED) is 0.624. The average Bonchev–Trinajstić information content (AvgIpc) is 2.28. The Kier molecular flexibility index (Phi) is 7.04. The maximum atomic E-state index is 5.77. The van der Waals surface area contributed by atoms with Gasteiger partial charge in [0.2, 0.25) is 0 Å². The predicted molar refractivity (Wildman–Crippen MR) is 68.3 cm³/mol. The number of nitrogens with one attached hydrogen (secondary N) is 1. The summed E-state index contributed by atoms with van der Waals surface area (Å²) < 4.78 is 16.9. The summed E-state index contributed by atoms with van der Waals surface area (Å²) >= 11 is 0. The molecular weight excluding hydrogens is 218 g/mol. The average molecular weight is 245 g/mol. The molecule has 1 rings (SSSR count). The molecule has 0 aromatic carbocycles. The lowest BCUT2D eigenvalue weighted by molar-refractivity contribution is -0.149. The molecule has 0 bridgehead atoms. The van der Waals surface area contributed by atoms with Crippen LogP contribution in [-0.2, 0) is 14.2 Å². The van der Waals surface area contributed by atoms with Crippen LogP contribution >= 0.6 is 0 Å². The molecule has 1 aliphatic carbocycles. The van der Waals surface area contributed by atoms with Crippen LogP contribution in [0.5, 0.6) is 0 Å². The summed E-state index contributed by atoms with van der Waals surface area (Å²) in [5.74, 6) is 0.587. The zero-order valence-electron chi connectivity index (χ0n) is 11.6. The van der Waals surface area contributed by atoms with Crippen LogP contribution < -0.4 is 5.32 Å². The van der Waals surface area contributed by atoms with Crippen molar-refractivity contribution in [3.63, 3.8) is 0 Å². The fraction of sp³-hybridized carbons (Fsp3) is 1.00. The fourth-order valence-electron chi connectivity index (χ4n) is 2.02. The zero-order chi connectivity index (χ0) is 12.7. The van der Waals surface area contributed by atoms with Crippen LogP contribution in [0.2, 0.25) is 0 Å². The van der Waals surface area contributed by atoms with Crippen LogP contribution in [0.25, 0.3) is 0 Å². The molecule has 4 nitrogen and oxygen atoms in total. The summed E-state index contributed by atoms with van der Waals surface area (Å²) in [6.07, 6.45) is 1.47. The van der Waals surface area contributed by atoms with Crippen molar-refractivity contribution in [2.24, 2.45) is 5.92 Å². The Labute approximate surface area is 105 Å². The molecule has 1 aliphatic rings. The van der Waals surface area contributed by atoms with Crippen LogP contribution in [0.15, 0.2) is 0 Å². The number of rotatable bonds is 9. The maximum absolute atomic E-state index is 5.77. The lowest BCUT2D eigenvalue weighted by Gasteiger charge is -2.43. The van der Waals surface area contributed by atoms with E-state index in [-0.39, 0.29) is 12.2 Å². The normalized spacial score (nSPS) is 28.4. The third kappa shape index (κ3) is 4.92. The first-order valence-corrected chi connectivity index (χ1v) is 6.67. The first-order chi connectivity index (χ1) is 8.19. The van der Waals surface area contributed by atoms with Crippen molar-refractivity contribution in [1.82, 2.24) is 5.32 Å². The molecule has 0 heterocycles. The molecule has 102 valence electrons. The molecule has 3 atom stereocenters. The van der Waals surface area contributed by atoms with Crippen LogP contribution in [-0.4, -0.2) is 51.7 Å². The Morgan fingerprint density at radius 3 is 2.59 bits per heavy atom. The zero-order valence-corrected chi connectivity index (χ0v) is 11.6. The Morgan fingerprint density at radius 1 is 1.24 bits per heavy atom. The number of hydrogen-bond donors (Lipinski definition) is 1. The van der Waals surface area contributed by atoms with E-state index in [1.54, 1.807) is 0 Å². The number of ether oxygens (including phenoxy) is 3. The molecule has 1 saturated carbocycles. The standard InChI is InChI=1S/C13H27NO3/c1-5-16-13-11(14-4)8-12(13)17-7-6-15-9-10(2)3/h10-14H,5-9H2,1-4H3. The van der Waals surface area contributed by atoms with Gasteiger partial charge < -0.3 is 19.5 Å². The maximum Gasteiger partial charge on any atom is 0.0990 e. The van der Waals surface area contributed by atoms with E-state index in [2.05, 4.69) is 19.2 Å². The summed E-state index contributed by atoms with van der Waals surface area (Å²) in [5.41, 5.74) is 0. The van der Waals surface area contributed by atoms with E-state index in [4.69, 9.17) is 14.2 Å². The number of hydrogen-bond acceptors (Lipinski definition) is 4. The van der Waals surface area contributed by atoms with Crippen LogP contribution in [0.1, 0.15) is 27.2 Å². The van der Waals surface area contributed by atoms with Gasteiger partial charge in [-0.3, -0.25) is 0 Å². The highest BCUT2D eigenvalue weighted by Gasteiger charge is 2.41. The molecule has 17 heavy (non-hydrogen) atoms. The molecule has 0 radical (unpaired) electrons. The summed E-state index contributed by atoms with van der Waals surface area (Å²) in [7, 11) is 1.97. The first-order valence-electron chi connectivity index (χ1n) is 6.67. The van der Waals surface area contributed by atoms with Crippen molar-refractivity contribution in [3.8, 4) is 0 Å². The van der Waals surface area contributed by atoms with Crippen LogP contribution in [0.3, 0.4) is 0 Å². The minimum Gasteiger partial charge on any atom is -0.379 e.